The normalized spacial score (nSPS) is 15.8. The van der Waals surface area contributed by atoms with Crippen molar-refractivity contribution in [3.05, 3.63) is 57.2 Å². The van der Waals surface area contributed by atoms with Gasteiger partial charge in [0.2, 0.25) is 10.0 Å². The molecule has 1 fully saturated rings. The van der Waals surface area contributed by atoms with Gasteiger partial charge in [0, 0.05) is 30.9 Å². The van der Waals surface area contributed by atoms with E-state index in [9.17, 15) is 18.0 Å². The van der Waals surface area contributed by atoms with Gasteiger partial charge in [-0.25, -0.2) is 8.42 Å². The van der Waals surface area contributed by atoms with Gasteiger partial charge in [0.25, 0.3) is 5.91 Å². The van der Waals surface area contributed by atoms with Gasteiger partial charge in [-0.15, -0.1) is 0 Å². The summed E-state index contributed by atoms with van der Waals surface area (Å²) in [6, 6.07) is 10.0. The molecule has 1 amide bonds. The molecule has 0 aliphatic carbocycles. The minimum atomic E-state index is -3.65. The van der Waals surface area contributed by atoms with Crippen LogP contribution in [-0.4, -0.2) is 36.3 Å². The molecule has 2 aromatic carbocycles. The predicted octanol–water partition coefficient (Wildman–Crippen LogP) is 4.06. The van der Waals surface area contributed by atoms with Crippen LogP contribution in [0.4, 0.5) is 5.69 Å². The Labute approximate surface area is 191 Å². The molecular formula is C23H27N3O4S2. The van der Waals surface area contributed by atoms with E-state index in [1.165, 1.54) is 10.4 Å². The first-order valence-corrected chi connectivity index (χ1v) is 13.0. The van der Waals surface area contributed by atoms with Gasteiger partial charge in [0.15, 0.2) is 0 Å². The highest BCUT2D eigenvalue weighted by Gasteiger charge is 2.29. The van der Waals surface area contributed by atoms with E-state index in [2.05, 4.69) is 12.2 Å². The van der Waals surface area contributed by atoms with Crippen LogP contribution >= 0.6 is 11.3 Å². The van der Waals surface area contributed by atoms with E-state index in [1.807, 2.05) is 13.0 Å². The number of fused-ring (bicyclic) bond motifs is 1. The zero-order valence-corrected chi connectivity index (χ0v) is 20.1. The number of carbonyl (C=O) groups is 1. The van der Waals surface area contributed by atoms with Crippen molar-refractivity contribution in [2.75, 3.05) is 18.4 Å². The topological polar surface area (TPSA) is 88.5 Å². The largest absolute Gasteiger partial charge is 0.322 e. The molecular weight excluding hydrogens is 446 g/mol. The molecule has 32 heavy (non-hydrogen) atoms. The second-order valence-corrected chi connectivity index (χ2v) is 11.2. The molecule has 4 rings (SSSR count). The second kappa shape index (κ2) is 8.80. The van der Waals surface area contributed by atoms with E-state index in [0.29, 0.717) is 42.4 Å². The maximum atomic E-state index is 13.1. The van der Waals surface area contributed by atoms with Gasteiger partial charge in [-0.1, -0.05) is 24.3 Å². The Morgan fingerprint density at radius 2 is 1.88 bits per heavy atom. The van der Waals surface area contributed by atoms with E-state index in [4.69, 9.17) is 0 Å². The minimum absolute atomic E-state index is 0.0353. The first-order chi connectivity index (χ1) is 15.2. The van der Waals surface area contributed by atoms with Gasteiger partial charge in [-0.05, 0) is 68.5 Å². The van der Waals surface area contributed by atoms with Crippen molar-refractivity contribution in [3.8, 4) is 0 Å². The molecule has 7 nitrogen and oxygen atoms in total. The first-order valence-electron chi connectivity index (χ1n) is 10.8. The molecule has 0 radical (unpaired) electrons. The van der Waals surface area contributed by atoms with Gasteiger partial charge >= 0.3 is 4.87 Å². The van der Waals surface area contributed by atoms with Crippen molar-refractivity contribution in [3.63, 3.8) is 0 Å². The van der Waals surface area contributed by atoms with E-state index >= 15 is 0 Å². The summed E-state index contributed by atoms with van der Waals surface area (Å²) < 4.78 is 30.2. The first kappa shape index (κ1) is 22.7. The van der Waals surface area contributed by atoms with E-state index in [1.54, 1.807) is 35.8 Å². The molecule has 0 saturated carbocycles. The van der Waals surface area contributed by atoms with Crippen LogP contribution in [0.3, 0.4) is 0 Å². The average molecular weight is 474 g/mol. The second-order valence-electron chi connectivity index (χ2n) is 8.31. The number of hydrogen-bond donors (Lipinski definition) is 1. The van der Waals surface area contributed by atoms with E-state index in [0.717, 1.165) is 34.4 Å². The van der Waals surface area contributed by atoms with Crippen LogP contribution in [0.25, 0.3) is 10.2 Å². The predicted molar refractivity (Wildman–Crippen MR) is 128 cm³/mol. The summed E-state index contributed by atoms with van der Waals surface area (Å²) in [4.78, 5) is 25.2. The third kappa shape index (κ3) is 4.24. The highest BCUT2D eigenvalue weighted by Crippen LogP contribution is 2.26. The average Bonchev–Trinajstić information content (AvgIpc) is 3.08. The fraction of sp³-hybridized carbons (Fsp3) is 0.391. The Bertz CT molecular complexity index is 1330. The number of piperidine rings is 1. The summed E-state index contributed by atoms with van der Waals surface area (Å²) in [6.45, 7) is 7.41. The highest BCUT2D eigenvalue weighted by molar-refractivity contribution is 7.89. The maximum Gasteiger partial charge on any atom is 0.308 e. The number of nitrogens with one attached hydrogen (secondary N) is 1. The summed E-state index contributed by atoms with van der Waals surface area (Å²) in [5, 5.41) is 2.85. The quantitative estimate of drug-likeness (QED) is 0.605. The van der Waals surface area contributed by atoms with Crippen molar-refractivity contribution in [2.45, 2.75) is 45.1 Å². The number of aromatic nitrogens is 1. The SMILES string of the molecule is CCn1c(=O)sc2cc(NC(=O)c3cc(S(=O)(=O)N4CCC(C)CC4)ccc3C)ccc21. The van der Waals surface area contributed by atoms with Crippen LogP contribution in [0.1, 0.15) is 42.6 Å². The van der Waals surface area contributed by atoms with Crippen molar-refractivity contribution in [1.29, 1.82) is 0 Å². The molecule has 2 heterocycles. The Morgan fingerprint density at radius 1 is 1.16 bits per heavy atom. The molecule has 1 aliphatic heterocycles. The number of sulfonamides is 1. The molecule has 0 bridgehead atoms. The standard InChI is InChI=1S/C23H27N3O4S2/c1-4-26-20-8-6-17(13-21(20)31-23(26)28)24-22(27)19-14-18(7-5-16(19)3)32(29,30)25-11-9-15(2)10-12-25/h5-8,13-15H,4,9-12H2,1-3H3,(H,24,27). The van der Waals surface area contributed by atoms with E-state index in [-0.39, 0.29) is 15.7 Å². The molecule has 1 N–H and O–H groups in total. The van der Waals surface area contributed by atoms with Gasteiger partial charge in [0.05, 0.1) is 15.1 Å². The van der Waals surface area contributed by atoms with Gasteiger partial charge in [0.1, 0.15) is 0 Å². The molecule has 0 atom stereocenters. The Kier molecular flexibility index (Phi) is 6.24. The number of nitrogens with zero attached hydrogens (tertiary/aromatic N) is 2. The van der Waals surface area contributed by atoms with Crippen LogP contribution in [0, 0.1) is 12.8 Å². The van der Waals surface area contributed by atoms with Gasteiger partial charge < -0.3 is 5.32 Å². The minimum Gasteiger partial charge on any atom is -0.322 e. The van der Waals surface area contributed by atoms with Crippen molar-refractivity contribution in [2.24, 2.45) is 5.92 Å². The van der Waals surface area contributed by atoms with Crippen molar-refractivity contribution in [1.82, 2.24) is 8.87 Å². The Hall–Kier alpha value is -2.49. The number of anilines is 1. The summed E-state index contributed by atoms with van der Waals surface area (Å²) in [5.41, 5.74) is 2.40. The summed E-state index contributed by atoms with van der Waals surface area (Å²) in [5.74, 6) is 0.138. The molecule has 9 heteroatoms. The maximum absolute atomic E-state index is 13.1. The van der Waals surface area contributed by atoms with Crippen molar-refractivity contribution >= 4 is 43.2 Å². The van der Waals surface area contributed by atoms with Gasteiger partial charge in [-0.3, -0.25) is 14.2 Å². The van der Waals surface area contributed by atoms with Crippen LogP contribution in [0.15, 0.2) is 46.1 Å². The molecule has 0 unspecified atom stereocenters. The fourth-order valence-electron chi connectivity index (χ4n) is 4.02. The number of rotatable bonds is 5. The lowest BCUT2D eigenvalue weighted by Gasteiger charge is -2.29. The lowest BCUT2D eigenvalue weighted by Crippen LogP contribution is -2.38. The van der Waals surface area contributed by atoms with Crippen LogP contribution in [-0.2, 0) is 16.6 Å². The smallest absolute Gasteiger partial charge is 0.308 e. The Morgan fingerprint density at radius 3 is 2.56 bits per heavy atom. The van der Waals surface area contributed by atoms with Crippen LogP contribution in [0.5, 0.6) is 0 Å². The zero-order chi connectivity index (χ0) is 23.0. The third-order valence-corrected chi connectivity index (χ3v) is 8.91. The molecule has 1 aliphatic rings. The lowest BCUT2D eigenvalue weighted by molar-refractivity contribution is 0.102. The number of aryl methyl sites for hydroxylation is 2. The number of hydrogen-bond acceptors (Lipinski definition) is 5. The third-order valence-electron chi connectivity index (χ3n) is 6.08. The van der Waals surface area contributed by atoms with Gasteiger partial charge in [-0.2, -0.15) is 4.31 Å². The zero-order valence-electron chi connectivity index (χ0n) is 18.4. The Balaban J connectivity index is 1.60. The summed E-state index contributed by atoms with van der Waals surface area (Å²) >= 11 is 1.14. The molecule has 3 aromatic rings. The van der Waals surface area contributed by atoms with Crippen LogP contribution in [0.2, 0.25) is 0 Å². The number of thiazole rings is 1. The van der Waals surface area contributed by atoms with Crippen molar-refractivity contribution < 1.29 is 13.2 Å². The highest BCUT2D eigenvalue weighted by atomic mass is 32.2. The number of amides is 1. The molecule has 170 valence electrons. The number of benzene rings is 2. The summed E-state index contributed by atoms with van der Waals surface area (Å²) in [7, 11) is -3.65. The monoisotopic (exact) mass is 473 g/mol. The van der Waals surface area contributed by atoms with E-state index < -0.39 is 10.0 Å². The molecule has 1 saturated heterocycles. The fourth-order valence-corrected chi connectivity index (χ4v) is 6.51. The summed E-state index contributed by atoms with van der Waals surface area (Å²) in [6.07, 6.45) is 1.68. The lowest BCUT2D eigenvalue weighted by atomic mass is 10.0. The number of carbonyl (C=O) groups excluding carboxylic acids is 1. The van der Waals surface area contributed by atoms with Crippen LogP contribution < -0.4 is 10.2 Å². The molecule has 1 aromatic heterocycles. The molecule has 0 spiro atoms.